The van der Waals surface area contributed by atoms with E-state index in [4.69, 9.17) is 33.3 Å². The van der Waals surface area contributed by atoms with Crippen LogP contribution in [0, 0.1) is 4.77 Å². The van der Waals surface area contributed by atoms with Crippen molar-refractivity contribution in [1.82, 2.24) is 9.97 Å². The van der Waals surface area contributed by atoms with Crippen molar-refractivity contribution in [2.75, 3.05) is 14.2 Å². The van der Waals surface area contributed by atoms with Gasteiger partial charge in [0.2, 0.25) is 5.88 Å². The largest absolute Gasteiger partial charge is 0.496 e. The van der Waals surface area contributed by atoms with Crippen molar-refractivity contribution in [1.29, 1.82) is 0 Å². The molecule has 0 radical (unpaired) electrons. The second-order valence-electron chi connectivity index (χ2n) is 6.41. The molecule has 2 heterocycles. The molecule has 0 bridgehead atoms. The van der Waals surface area contributed by atoms with Crippen molar-refractivity contribution in [2.45, 2.75) is 0 Å². The molecule has 3 N–H and O–H groups in total. The number of ether oxygens (including phenoxy) is 2. The Bertz CT molecular complexity index is 1420. The molecule has 0 atom stereocenters. The minimum absolute atomic E-state index is 0.00408. The van der Waals surface area contributed by atoms with E-state index in [0.717, 1.165) is 16.7 Å². The average Bonchev–Trinajstić information content (AvgIpc) is 3.16. The fraction of sp³-hybridized carbons (Fsp3) is 0.0952. The fourth-order valence-electron chi connectivity index (χ4n) is 3.31. The molecule has 0 saturated carbocycles. The summed E-state index contributed by atoms with van der Waals surface area (Å²) in [5.41, 5.74) is 1.95. The predicted molar refractivity (Wildman–Crippen MR) is 116 cm³/mol. The Morgan fingerprint density at radius 2 is 1.83 bits per heavy atom. The number of nitrogens with zero attached hydrogens (tertiary/aromatic N) is 1. The first kappa shape index (κ1) is 19.9. The third kappa shape index (κ3) is 3.40. The summed E-state index contributed by atoms with van der Waals surface area (Å²) in [6.07, 6.45) is 3.22. The monoisotopic (exact) mass is 441 g/mol. The molecule has 0 amide bonds. The Balaban J connectivity index is 2.03. The minimum atomic E-state index is -0.535. The Labute approximate surface area is 180 Å². The van der Waals surface area contributed by atoms with Gasteiger partial charge in [-0.25, -0.2) is 0 Å². The van der Waals surface area contributed by atoms with Crippen LogP contribution in [0.25, 0.3) is 11.6 Å². The maximum atomic E-state index is 12.4. The Kier molecular flexibility index (Phi) is 5.19. The van der Waals surface area contributed by atoms with E-state index in [1.165, 1.54) is 13.2 Å². The third-order valence-corrected chi connectivity index (χ3v) is 5.16. The van der Waals surface area contributed by atoms with Gasteiger partial charge in [0.05, 0.1) is 25.1 Å². The van der Waals surface area contributed by atoms with Gasteiger partial charge in [0, 0.05) is 28.1 Å². The van der Waals surface area contributed by atoms with Gasteiger partial charge in [-0.05, 0) is 36.0 Å². The number of rotatable bonds is 4. The average molecular weight is 442 g/mol. The van der Waals surface area contributed by atoms with Crippen LogP contribution in [0.2, 0.25) is 5.02 Å². The summed E-state index contributed by atoms with van der Waals surface area (Å²) in [7, 11) is 3.06. The molecule has 3 aromatic rings. The number of benzene rings is 2. The molecule has 0 unspecified atom stereocenters. The number of aromatic amines is 2. The van der Waals surface area contributed by atoms with E-state index in [1.54, 1.807) is 31.5 Å². The molecule has 1 aliphatic heterocycles. The summed E-state index contributed by atoms with van der Waals surface area (Å²) < 4.78 is 11.1. The van der Waals surface area contributed by atoms with Crippen molar-refractivity contribution in [3.8, 4) is 17.4 Å². The summed E-state index contributed by atoms with van der Waals surface area (Å²) in [6, 6.07) is 9.08. The molecule has 7 nitrogen and oxygen atoms in total. The van der Waals surface area contributed by atoms with Crippen LogP contribution in [0.1, 0.15) is 16.7 Å². The fourth-order valence-corrected chi connectivity index (χ4v) is 3.62. The quantitative estimate of drug-likeness (QED) is 0.540. The molecule has 9 heteroatoms. The van der Waals surface area contributed by atoms with Crippen LogP contribution in [0.5, 0.6) is 17.4 Å². The van der Waals surface area contributed by atoms with Crippen LogP contribution >= 0.6 is 23.8 Å². The van der Waals surface area contributed by atoms with Crippen LogP contribution in [0.4, 0.5) is 0 Å². The van der Waals surface area contributed by atoms with Gasteiger partial charge in [-0.1, -0.05) is 23.7 Å². The van der Waals surface area contributed by atoms with Crippen LogP contribution in [0.15, 0.2) is 46.3 Å². The van der Waals surface area contributed by atoms with E-state index < -0.39 is 5.56 Å². The molecule has 1 aliphatic rings. The third-order valence-electron chi connectivity index (χ3n) is 4.70. The number of hydrogen-bond acceptors (Lipinski definition) is 6. The van der Waals surface area contributed by atoms with Gasteiger partial charge in [-0.15, -0.1) is 0 Å². The number of methoxy groups -OCH3 is 2. The number of aromatic hydroxyl groups is 1. The topological polar surface area (TPSA) is 99.7 Å². The molecule has 0 saturated heterocycles. The zero-order valence-corrected chi connectivity index (χ0v) is 17.5. The molecule has 152 valence electrons. The molecule has 2 aromatic carbocycles. The molecular weight excluding hydrogens is 426 g/mol. The van der Waals surface area contributed by atoms with E-state index >= 15 is 0 Å². The van der Waals surface area contributed by atoms with Gasteiger partial charge < -0.3 is 19.6 Å². The number of fused-ring (bicyclic) bond motifs is 1. The maximum Gasteiger partial charge on any atom is 0.262 e. The molecule has 4 rings (SSSR count). The summed E-state index contributed by atoms with van der Waals surface area (Å²) >= 11 is 10.9. The van der Waals surface area contributed by atoms with E-state index in [2.05, 4.69) is 15.0 Å². The molecule has 0 spiro atoms. The lowest BCUT2D eigenvalue weighted by Gasteiger charge is -2.12. The van der Waals surface area contributed by atoms with Crippen molar-refractivity contribution in [3.05, 3.63) is 83.9 Å². The van der Waals surface area contributed by atoms with Crippen LogP contribution in [-0.2, 0) is 0 Å². The zero-order valence-electron chi connectivity index (χ0n) is 15.9. The lowest BCUT2D eigenvalue weighted by Crippen LogP contribution is -2.30. The number of H-pyrrole nitrogens is 2. The number of hydrogen-bond donors (Lipinski definition) is 3. The van der Waals surface area contributed by atoms with E-state index in [0.29, 0.717) is 27.1 Å². The van der Waals surface area contributed by atoms with Gasteiger partial charge >= 0.3 is 0 Å². The smallest absolute Gasteiger partial charge is 0.262 e. The molecule has 0 fully saturated rings. The summed E-state index contributed by atoms with van der Waals surface area (Å²) in [4.78, 5) is 21.9. The van der Waals surface area contributed by atoms with E-state index in [-0.39, 0.29) is 16.2 Å². The number of aromatic nitrogens is 2. The second-order valence-corrected chi connectivity index (χ2v) is 7.26. The zero-order chi connectivity index (χ0) is 21.4. The lowest BCUT2D eigenvalue weighted by molar-refractivity contribution is 0.390. The summed E-state index contributed by atoms with van der Waals surface area (Å²) in [5, 5.41) is 11.9. The molecule has 1 aromatic heterocycles. The highest BCUT2D eigenvalue weighted by atomic mass is 35.5. The molecule has 30 heavy (non-hydrogen) atoms. The van der Waals surface area contributed by atoms with Gasteiger partial charge in [-0.2, -0.15) is 0 Å². The predicted octanol–water partition coefficient (Wildman–Crippen LogP) is 2.66. The van der Waals surface area contributed by atoms with Crippen molar-refractivity contribution < 1.29 is 14.6 Å². The lowest BCUT2D eigenvalue weighted by atomic mass is 9.97. The minimum Gasteiger partial charge on any atom is -0.496 e. The SMILES string of the molecule is COc1cc(OC)/c(=C\c2c(O)[nH]c(=S)[nH]c2=O)c2c1C(c1ccc(Cl)cc1)=CN=2. The van der Waals surface area contributed by atoms with E-state index in [9.17, 15) is 9.90 Å². The highest BCUT2D eigenvalue weighted by Crippen LogP contribution is 2.32. The highest BCUT2D eigenvalue weighted by Gasteiger charge is 2.21. The first-order chi connectivity index (χ1) is 14.4. The maximum absolute atomic E-state index is 12.4. The van der Waals surface area contributed by atoms with Gasteiger partial charge in [-0.3, -0.25) is 14.8 Å². The van der Waals surface area contributed by atoms with Crippen molar-refractivity contribution >= 4 is 35.5 Å². The first-order valence-corrected chi connectivity index (χ1v) is 9.58. The highest BCUT2D eigenvalue weighted by molar-refractivity contribution is 7.71. The summed E-state index contributed by atoms with van der Waals surface area (Å²) in [5.74, 6) is 0.646. The Morgan fingerprint density at radius 3 is 2.47 bits per heavy atom. The molecule has 0 aliphatic carbocycles. The Morgan fingerprint density at radius 1 is 1.13 bits per heavy atom. The van der Waals surface area contributed by atoms with Gasteiger partial charge in [0.25, 0.3) is 5.56 Å². The van der Waals surface area contributed by atoms with Gasteiger partial charge in [0.1, 0.15) is 17.1 Å². The van der Waals surface area contributed by atoms with Crippen molar-refractivity contribution in [3.63, 3.8) is 0 Å². The van der Waals surface area contributed by atoms with E-state index in [1.807, 2.05) is 12.1 Å². The van der Waals surface area contributed by atoms with Crippen LogP contribution < -0.4 is 25.6 Å². The first-order valence-electron chi connectivity index (χ1n) is 8.79. The van der Waals surface area contributed by atoms with Gasteiger partial charge in [0.15, 0.2) is 4.77 Å². The number of halogens is 1. The van der Waals surface area contributed by atoms with Crippen LogP contribution in [0.3, 0.4) is 0 Å². The molecular formula is C21H16ClN3O4S. The second kappa shape index (κ2) is 7.81. The van der Waals surface area contributed by atoms with Crippen LogP contribution in [-0.4, -0.2) is 29.3 Å². The Hall–Kier alpha value is -3.36. The number of nitrogens with one attached hydrogen (secondary N) is 2. The standard InChI is InChI=1S/C21H16ClN3O4S/c1-28-15-8-16(29-2)17-14(10-3-5-11(22)6-4-10)9-23-18(17)12(15)7-13-19(26)24-21(30)25-20(13)27/h3-9H,1-2H3,(H3,24,25,26,27,30)/b12-7+. The summed E-state index contributed by atoms with van der Waals surface area (Å²) in [6.45, 7) is 0. The normalized spacial score (nSPS) is 12.9. The van der Waals surface area contributed by atoms with Crippen molar-refractivity contribution in [2.24, 2.45) is 4.99 Å².